The largest absolute Gasteiger partial charge is 0.461 e. The van der Waals surface area contributed by atoms with E-state index < -0.39 is 5.97 Å². The van der Waals surface area contributed by atoms with Crippen LogP contribution in [-0.4, -0.2) is 23.3 Å². The molecule has 16 heavy (non-hydrogen) atoms. The van der Waals surface area contributed by atoms with Crippen LogP contribution >= 0.6 is 0 Å². The van der Waals surface area contributed by atoms with Gasteiger partial charge in [0, 0.05) is 6.92 Å². The first-order valence-electron chi connectivity index (χ1n) is 4.80. The van der Waals surface area contributed by atoms with Crippen LogP contribution in [0.3, 0.4) is 0 Å². The molecule has 4 nitrogen and oxygen atoms in total. The SMILES string of the molecule is CCOC(=O)c1cccc(C#CC(C)=O)n1. The average Bonchev–Trinajstić information content (AvgIpc) is 2.27. The van der Waals surface area contributed by atoms with Gasteiger partial charge in [-0.3, -0.25) is 4.79 Å². The molecule has 0 saturated heterocycles. The topological polar surface area (TPSA) is 56.3 Å². The van der Waals surface area contributed by atoms with E-state index in [1.807, 2.05) is 0 Å². The van der Waals surface area contributed by atoms with E-state index in [1.165, 1.54) is 13.0 Å². The van der Waals surface area contributed by atoms with E-state index in [1.54, 1.807) is 19.1 Å². The Labute approximate surface area is 93.6 Å². The molecule has 0 radical (unpaired) electrons. The number of ketones is 1. The molecular weight excluding hydrogens is 206 g/mol. The molecule has 0 aliphatic heterocycles. The molecule has 0 unspecified atom stereocenters. The number of Topliss-reactive ketones (excluding diaryl/α,β-unsaturated/α-hetero) is 1. The lowest BCUT2D eigenvalue weighted by Crippen LogP contribution is -2.07. The number of hydrogen-bond donors (Lipinski definition) is 0. The molecule has 1 rings (SSSR count). The van der Waals surface area contributed by atoms with E-state index in [-0.39, 0.29) is 11.5 Å². The summed E-state index contributed by atoms with van der Waals surface area (Å²) < 4.78 is 4.79. The van der Waals surface area contributed by atoms with Gasteiger partial charge in [-0.1, -0.05) is 6.07 Å². The highest BCUT2D eigenvalue weighted by Crippen LogP contribution is 2.00. The fourth-order valence-corrected chi connectivity index (χ4v) is 0.975. The molecule has 0 atom stereocenters. The van der Waals surface area contributed by atoms with Crippen molar-refractivity contribution in [1.29, 1.82) is 0 Å². The Morgan fingerprint density at radius 3 is 2.81 bits per heavy atom. The van der Waals surface area contributed by atoms with Gasteiger partial charge in [-0.2, -0.15) is 0 Å². The number of carbonyl (C=O) groups excluding carboxylic acids is 2. The lowest BCUT2D eigenvalue weighted by atomic mass is 10.3. The Bertz CT molecular complexity index is 469. The standard InChI is InChI=1S/C12H11NO3/c1-3-16-12(15)11-6-4-5-10(13-11)8-7-9(2)14/h4-6H,3H2,1-2H3. The van der Waals surface area contributed by atoms with E-state index in [2.05, 4.69) is 16.8 Å². The zero-order valence-corrected chi connectivity index (χ0v) is 9.11. The van der Waals surface area contributed by atoms with Crippen molar-refractivity contribution >= 4 is 11.8 Å². The molecular formula is C12H11NO3. The number of esters is 1. The molecule has 1 aromatic heterocycles. The summed E-state index contributed by atoms with van der Waals surface area (Å²) in [6.07, 6.45) is 0. The second-order valence-electron chi connectivity index (χ2n) is 2.93. The number of pyridine rings is 1. The maximum absolute atomic E-state index is 11.3. The minimum absolute atomic E-state index is 0.192. The number of rotatable bonds is 2. The van der Waals surface area contributed by atoms with Crippen LogP contribution in [0.5, 0.6) is 0 Å². The highest BCUT2D eigenvalue weighted by Gasteiger charge is 2.07. The van der Waals surface area contributed by atoms with Crippen LogP contribution in [-0.2, 0) is 9.53 Å². The molecule has 1 aromatic rings. The van der Waals surface area contributed by atoms with Crippen LogP contribution in [0.4, 0.5) is 0 Å². The summed E-state index contributed by atoms with van der Waals surface area (Å²) in [5, 5.41) is 0. The third kappa shape index (κ3) is 3.54. The quantitative estimate of drug-likeness (QED) is 0.551. The predicted octanol–water partition coefficient (Wildman–Crippen LogP) is 1.20. The fraction of sp³-hybridized carbons (Fsp3) is 0.250. The number of ether oxygens (including phenoxy) is 1. The van der Waals surface area contributed by atoms with Crippen LogP contribution in [0, 0.1) is 11.8 Å². The number of aromatic nitrogens is 1. The van der Waals surface area contributed by atoms with E-state index in [0.29, 0.717) is 12.3 Å². The molecule has 0 fully saturated rings. The highest BCUT2D eigenvalue weighted by molar-refractivity contribution is 5.93. The fourth-order valence-electron chi connectivity index (χ4n) is 0.975. The molecule has 0 amide bonds. The van der Waals surface area contributed by atoms with Gasteiger partial charge >= 0.3 is 5.97 Å². The monoisotopic (exact) mass is 217 g/mol. The summed E-state index contributed by atoms with van der Waals surface area (Å²) in [6.45, 7) is 3.38. The van der Waals surface area contributed by atoms with E-state index in [9.17, 15) is 9.59 Å². The van der Waals surface area contributed by atoms with Gasteiger partial charge in [0.15, 0.2) is 0 Å². The Kier molecular flexibility index (Phi) is 4.22. The maximum Gasteiger partial charge on any atom is 0.356 e. The molecule has 0 bridgehead atoms. The van der Waals surface area contributed by atoms with Crippen molar-refractivity contribution in [2.24, 2.45) is 0 Å². The summed E-state index contributed by atoms with van der Waals surface area (Å²) in [4.78, 5) is 25.9. The zero-order chi connectivity index (χ0) is 12.0. The van der Waals surface area contributed by atoms with Crippen molar-refractivity contribution in [2.75, 3.05) is 6.61 Å². The molecule has 0 saturated carbocycles. The highest BCUT2D eigenvalue weighted by atomic mass is 16.5. The smallest absolute Gasteiger partial charge is 0.356 e. The molecule has 1 heterocycles. The summed E-state index contributed by atoms with van der Waals surface area (Å²) in [7, 11) is 0. The van der Waals surface area contributed by atoms with E-state index in [0.717, 1.165) is 0 Å². The third-order valence-electron chi connectivity index (χ3n) is 1.60. The van der Waals surface area contributed by atoms with Crippen LogP contribution < -0.4 is 0 Å². The van der Waals surface area contributed by atoms with Crippen molar-refractivity contribution in [3.8, 4) is 11.8 Å². The Hall–Kier alpha value is -2.15. The minimum atomic E-state index is -0.492. The summed E-state index contributed by atoms with van der Waals surface area (Å²) in [6, 6.07) is 4.80. The first-order valence-corrected chi connectivity index (χ1v) is 4.80. The molecule has 0 N–H and O–H groups in total. The molecule has 0 aliphatic rings. The van der Waals surface area contributed by atoms with E-state index >= 15 is 0 Å². The lowest BCUT2D eigenvalue weighted by Gasteiger charge is -2.00. The number of hydrogen-bond acceptors (Lipinski definition) is 4. The van der Waals surface area contributed by atoms with Crippen LogP contribution in [0.1, 0.15) is 30.0 Å². The van der Waals surface area contributed by atoms with Gasteiger partial charge in [-0.15, -0.1) is 0 Å². The maximum atomic E-state index is 11.3. The van der Waals surface area contributed by atoms with Crippen LogP contribution in [0.15, 0.2) is 18.2 Å². The van der Waals surface area contributed by atoms with Gasteiger partial charge in [0.25, 0.3) is 0 Å². The van der Waals surface area contributed by atoms with E-state index in [4.69, 9.17) is 4.74 Å². The second-order valence-corrected chi connectivity index (χ2v) is 2.93. The Balaban J connectivity index is 2.92. The average molecular weight is 217 g/mol. The third-order valence-corrected chi connectivity index (χ3v) is 1.60. The molecule has 4 heteroatoms. The van der Waals surface area contributed by atoms with Gasteiger partial charge in [-0.05, 0) is 30.9 Å². The predicted molar refractivity (Wildman–Crippen MR) is 57.8 cm³/mol. The molecule has 0 aromatic carbocycles. The summed E-state index contributed by atoms with van der Waals surface area (Å²) in [5.74, 6) is 4.18. The molecule has 0 spiro atoms. The second kappa shape index (κ2) is 5.66. The van der Waals surface area contributed by atoms with Crippen molar-refractivity contribution in [1.82, 2.24) is 4.98 Å². The Morgan fingerprint density at radius 1 is 1.44 bits per heavy atom. The summed E-state index contributed by atoms with van der Waals surface area (Å²) >= 11 is 0. The minimum Gasteiger partial charge on any atom is -0.461 e. The number of carbonyl (C=O) groups is 2. The molecule has 82 valence electrons. The van der Waals surface area contributed by atoms with Crippen molar-refractivity contribution in [2.45, 2.75) is 13.8 Å². The van der Waals surface area contributed by atoms with Gasteiger partial charge in [0.2, 0.25) is 5.78 Å². The van der Waals surface area contributed by atoms with Crippen molar-refractivity contribution < 1.29 is 14.3 Å². The number of nitrogens with zero attached hydrogens (tertiary/aromatic N) is 1. The summed E-state index contributed by atoms with van der Waals surface area (Å²) in [5.41, 5.74) is 0.568. The van der Waals surface area contributed by atoms with Crippen LogP contribution in [0.25, 0.3) is 0 Å². The van der Waals surface area contributed by atoms with Gasteiger partial charge in [-0.25, -0.2) is 9.78 Å². The first-order chi connectivity index (χ1) is 7.63. The van der Waals surface area contributed by atoms with Gasteiger partial charge in [0.05, 0.1) is 6.61 Å². The first kappa shape index (κ1) is 11.9. The zero-order valence-electron chi connectivity index (χ0n) is 9.11. The van der Waals surface area contributed by atoms with Gasteiger partial charge in [0.1, 0.15) is 11.4 Å². The van der Waals surface area contributed by atoms with Crippen LogP contribution in [0.2, 0.25) is 0 Å². The van der Waals surface area contributed by atoms with Gasteiger partial charge < -0.3 is 4.74 Å². The lowest BCUT2D eigenvalue weighted by molar-refractivity contribution is -0.111. The Morgan fingerprint density at radius 2 is 2.19 bits per heavy atom. The normalized spacial score (nSPS) is 8.88. The van der Waals surface area contributed by atoms with Crippen molar-refractivity contribution in [3.63, 3.8) is 0 Å². The molecule has 0 aliphatic carbocycles. The van der Waals surface area contributed by atoms with Crippen molar-refractivity contribution in [3.05, 3.63) is 29.6 Å².